The van der Waals surface area contributed by atoms with Crippen LogP contribution in [0.3, 0.4) is 0 Å². The zero-order valence-corrected chi connectivity index (χ0v) is 16.0. The van der Waals surface area contributed by atoms with E-state index < -0.39 is 29.6 Å². The number of amides is 1. The van der Waals surface area contributed by atoms with E-state index in [4.69, 9.17) is 16.3 Å². The maximum Gasteiger partial charge on any atom is 0.327 e. The Bertz CT molecular complexity index is 865. The highest BCUT2D eigenvalue weighted by Gasteiger charge is 2.33. The molecule has 2 aromatic carbocycles. The molecule has 1 aliphatic rings. The second-order valence-electron chi connectivity index (χ2n) is 6.43. The minimum Gasteiger partial charge on any atom is -0.468 e. The summed E-state index contributed by atoms with van der Waals surface area (Å²) in [6.45, 7) is 1.37. The van der Waals surface area contributed by atoms with E-state index in [1.807, 2.05) is 4.90 Å². The summed E-state index contributed by atoms with van der Waals surface area (Å²) in [5.41, 5.74) is 0.588. The van der Waals surface area contributed by atoms with Crippen LogP contribution >= 0.6 is 11.6 Å². The Labute approximate surface area is 166 Å². The molecule has 0 bridgehead atoms. The molecule has 1 heterocycles. The Kier molecular flexibility index (Phi) is 6.26. The SMILES string of the molecule is COC(=O)C(c1ccccc1Cl)N1CCN(C(=O)c2cc(F)cc(F)c2)CC1. The Morgan fingerprint density at radius 3 is 2.21 bits per heavy atom. The molecule has 0 N–H and O–H groups in total. The van der Waals surface area contributed by atoms with E-state index >= 15 is 0 Å². The van der Waals surface area contributed by atoms with Crippen molar-refractivity contribution in [1.29, 1.82) is 0 Å². The van der Waals surface area contributed by atoms with E-state index in [0.29, 0.717) is 36.8 Å². The van der Waals surface area contributed by atoms with Crippen molar-refractivity contribution in [2.45, 2.75) is 6.04 Å². The van der Waals surface area contributed by atoms with E-state index in [9.17, 15) is 18.4 Å². The number of benzene rings is 2. The third-order valence-electron chi connectivity index (χ3n) is 4.70. The molecule has 8 heteroatoms. The van der Waals surface area contributed by atoms with Crippen LogP contribution in [0, 0.1) is 11.6 Å². The second-order valence-corrected chi connectivity index (χ2v) is 6.84. The zero-order valence-electron chi connectivity index (χ0n) is 15.2. The molecule has 5 nitrogen and oxygen atoms in total. The molecular formula is C20H19ClF2N2O3. The summed E-state index contributed by atoms with van der Waals surface area (Å²) in [6, 6.07) is 9.08. The summed E-state index contributed by atoms with van der Waals surface area (Å²) in [5, 5.41) is 0.451. The molecule has 3 rings (SSSR count). The molecule has 28 heavy (non-hydrogen) atoms. The Morgan fingerprint density at radius 1 is 1.04 bits per heavy atom. The van der Waals surface area contributed by atoms with Gasteiger partial charge in [-0.25, -0.2) is 13.6 Å². The minimum atomic E-state index is -0.800. The smallest absolute Gasteiger partial charge is 0.327 e. The predicted molar refractivity (Wildman–Crippen MR) is 100 cm³/mol. The molecule has 1 aliphatic heterocycles. The molecule has 1 fully saturated rings. The number of piperazine rings is 1. The second kappa shape index (κ2) is 8.67. The Morgan fingerprint density at radius 2 is 1.64 bits per heavy atom. The quantitative estimate of drug-likeness (QED) is 0.728. The fourth-order valence-corrected chi connectivity index (χ4v) is 3.56. The minimum absolute atomic E-state index is 0.0402. The highest BCUT2D eigenvalue weighted by atomic mass is 35.5. The summed E-state index contributed by atoms with van der Waals surface area (Å²) in [7, 11) is 1.31. The van der Waals surface area contributed by atoms with E-state index in [0.717, 1.165) is 18.2 Å². The molecule has 0 radical (unpaired) electrons. The molecule has 1 amide bonds. The van der Waals surface area contributed by atoms with Crippen LogP contribution in [-0.4, -0.2) is 55.0 Å². The summed E-state index contributed by atoms with van der Waals surface area (Å²) >= 11 is 6.26. The first kappa shape index (κ1) is 20.2. The maximum atomic E-state index is 13.4. The van der Waals surface area contributed by atoms with Gasteiger partial charge in [0.25, 0.3) is 5.91 Å². The van der Waals surface area contributed by atoms with Gasteiger partial charge in [0.1, 0.15) is 17.7 Å². The lowest BCUT2D eigenvalue weighted by Crippen LogP contribution is -2.51. The van der Waals surface area contributed by atoms with Gasteiger partial charge in [0.05, 0.1) is 7.11 Å². The highest BCUT2D eigenvalue weighted by molar-refractivity contribution is 6.31. The molecule has 1 unspecified atom stereocenters. The summed E-state index contributed by atoms with van der Waals surface area (Å²) in [5.74, 6) is -2.50. The first-order chi connectivity index (χ1) is 13.4. The van der Waals surface area contributed by atoms with Crippen LogP contribution in [0.5, 0.6) is 0 Å². The number of hydrogen-bond acceptors (Lipinski definition) is 4. The number of carbonyl (C=O) groups is 2. The number of esters is 1. The fourth-order valence-electron chi connectivity index (χ4n) is 3.32. The topological polar surface area (TPSA) is 49.9 Å². The average molecular weight is 409 g/mol. The standard InChI is InChI=1S/C20H19ClF2N2O3/c1-28-20(27)18(16-4-2-3-5-17(16)21)24-6-8-25(9-7-24)19(26)13-10-14(22)12-15(23)11-13/h2-5,10-12,18H,6-9H2,1H3. The molecule has 0 spiro atoms. The van der Waals surface area contributed by atoms with Crippen LogP contribution in [0.1, 0.15) is 22.0 Å². The molecule has 0 aliphatic carbocycles. The normalized spacial score (nSPS) is 15.9. The molecule has 2 aromatic rings. The number of ether oxygens (including phenoxy) is 1. The van der Waals surface area contributed by atoms with Crippen LogP contribution in [0.15, 0.2) is 42.5 Å². The lowest BCUT2D eigenvalue weighted by atomic mass is 10.0. The zero-order chi connectivity index (χ0) is 20.3. The lowest BCUT2D eigenvalue weighted by Gasteiger charge is -2.38. The van der Waals surface area contributed by atoms with Crippen molar-refractivity contribution in [3.8, 4) is 0 Å². The summed E-state index contributed by atoms with van der Waals surface area (Å²) in [6.07, 6.45) is 0. The molecule has 148 valence electrons. The van der Waals surface area contributed by atoms with Gasteiger partial charge in [0, 0.05) is 42.8 Å². The van der Waals surface area contributed by atoms with Gasteiger partial charge in [-0.2, -0.15) is 0 Å². The van der Waals surface area contributed by atoms with Crippen LogP contribution in [0.2, 0.25) is 5.02 Å². The van der Waals surface area contributed by atoms with Crippen molar-refractivity contribution in [3.63, 3.8) is 0 Å². The molecular weight excluding hydrogens is 390 g/mol. The maximum absolute atomic E-state index is 13.4. The highest BCUT2D eigenvalue weighted by Crippen LogP contribution is 2.29. The monoisotopic (exact) mass is 408 g/mol. The van der Waals surface area contributed by atoms with Crippen molar-refractivity contribution >= 4 is 23.5 Å². The van der Waals surface area contributed by atoms with Crippen molar-refractivity contribution in [2.24, 2.45) is 0 Å². The number of hydrogen-bond donors (Lipinski definition) is 0. The van der Waals surface area contributed by atoms with Crippen LogP contribution in [-0.2, 0) is 9.53 Å². The summed E-state index contributed by atoms with van der Waals surface area (Å²) in [4.78, 5) is 28.3. The molecule has 0 saturated carbocycles. The van der Waals surface area contributed by atoms with Crippen LogP contribution in [0.4, 0.5) is 8.78 Å². The molecule has 0 aromatic heterocycles. The Balaban J connectivity index is 1.75. The molecule has 1 atom stereocenters. The molecule has 1 saturated heterocycles. The van der Waals surface area contributed by atoms with Crippen molar-refractivity contribution in [3.05, 3.63) is 70.2 Å². The fraction of sp³-hybridized carbons (Fsp3) is 0.300. The van der Waals surface area contributed by atoms with Gasteiger partial charge >= 0.3 is 5.97 Å². The Hall–Kier alpha value is -2.51. The van der Waals surface area contributed by atoms with Crippen molar-refractivity contribution < 1.29 is 23.1 Å². The number of nitrogens with zero attached hydrogens (tertiary/aromatic N) is 2. The van der Waals surface area contributed by atoms with Gasteiger partial charge < -0.3 is 9.64 Å². The van der Waals surface area contributed by atoms with Gasteiger partial charge in [-0.3, -0.25) is 9.69 Å². The van der Waals surface area contributed by atoms with E-state index in [1.54, 1.807) is 24.3 Å². The van der Waals surface area contributed by atoms with Crippen molar-refractivity contribution in [2.75, 3.05) is 33.3 Å². The number of methoxy groups -OCH3 is 1. The third-order valence-corrected chi connectivity index (χ3v) is 5.04. The van der Waals surface area contributed by atoms with Gasteiger partial charge in [-0.05, 0) is 23.8 Å². The average Bonchev–Trinajstić information content (AvgIpc) is 2.68. The van der Waals surface area contributed by atoms with E-state index in [-0.39, 0.29) is 5.56 Å². The van der Waals surface area contributed by atoms with Crippen molar-refractivity contribution in [1.82, 2.24) is 9.80 Å². The van der Waals surface area contributed by atoms with Crippen LogP contribution in [0.25, 0.3) is 0 Å². The largest absolute Gasteiger partial charge is 0.468 e. The lowest BCUT2D eigenvalue weighted by molar-refractivity contribution is -0.148. The predicted octanol–water partition coefficient (Wildman–Crippen LogP) is 3.29. The number of carbonyl (C=O) groups excluding carboxylic acids is 2. The van der Waals surface area contributed by atoms with E-state index in [2.05, 4.69) is 0 Å². The third kappa shape index (κ3) is 4.31. The number of rotatable bonds is 4. The van der Waals surface area contributed by atoms with Gasteiger partial charge in [0.2, 0.25) is 0 Å². The summed E-state index contributed by atoms with van der Waals surface area (Å²) < 4.78 is 31.7. The van der Waals surface area contributed by atoms with Gasteiger partial charge in [0.15, 0.2) is 0 Å². The van der Waals surface area contributed by atoms with Crippen LogP contribution < -0.4 is 0 Å². The van der Waals surface area contributed by atoms with Gasteiger partial charge in [-0.15, -0.1) is 0 Å². The van der Waals surface area contributed by atoms with E-state index in [1.165, 1.54) is 12.0 Å². The number of halogens is 3. The van der Waals surface area contributed by atoms with Gasteiger partial charge in [-0.1, -0.05) is 29.8 Å². The first-order valence-electron chi connectivity index (χ1n) is 8.72. The first-order valence-corrected chi connectivity index (χ1v) is 9.10.